The van der Waals surface area contributed by atoms with Crippen LogP contribution in [-0.4, -0.2) is 61.1 Å². The van der Waals surface area contributed by atoms with Crippen molar-refractivity contribution in [3.63, 3.8) is 0 Å². The topological polar surface area (TPSA) is 84.9 Å². The fourth-order valence-electron chi connectivity index (χ4n) is 2.99. The number of likely N-dealkylation sites (N-methyl/N-ethyl adjacent to an activating group) is 1. The molecule has 1 fully saturated rings. The number of nitrogens with one attached hydrogen (secondary N) is 1. The molecule has 7 nitrogen and oxygen atoms in total. The Morgan fingerprint density at radius 1 is 1.27 bits per heavy atom. The number of ether oxygens (including phenoxy) is 2. The van der Waals surface area contributed by atoms with Gasteiger partial charge in [0.2, 0.25) is 5.91 Å². The summed E-state index contributed by atoms with van der Waals surface area (Å²) in [7, 11) is 1.54. The summed E-state index contributed by atoms with van der Waals surface area (Å²) in [6.45, 7) is 5.88. The lowest BCUT2D eigenvalue weighted by Crippen LogP contribution is -2.52. The highest BCUT2D eigenvalue weighted by atomic mass is 16.6. The summed E-state index contributed by atoms with van der Waals surface area (Å²) in [5.74, 6) is -1.33. The van der Waals surface area contributed by atoms with Crippen molar-refractivity contribution in [2.45, 2.75) is 39.0 Å². The highest BCUT2D eigenvalue weighted by molar-refractivity contribution is 5.91. The summed E-state index contributed by atoms with van der Waals surface area (Å²) in [6.07, 6.45) is -0.848. The number of rotatable bonds is 5. The molecular formula is C19H26N2O5. The van der Waals surface area contributed by atoms with Crippen molar-refractivity contribution in [2.24, 2.45) is 5.92 Å². The van der Waals surface area contributed by atoms with E-state index in [1.807, 2.05) is 13.8 Å². The summed E-state index contributed by atoms with van der Waals surface area (Å²) in [4.78, 5) is 39.0. The number of hydrogen-bond donors (Lipinski definition) is 1. The lowest BCUT2D eigenvalue weighted by Gasteiger charge is -2.30. The molecule has 0 radical (unpaired) electrons. The molecule has 26 heavy (non-hydrogen) atoms. The van der Waals surface area contributed by atoms with Gasteiger partial charge in [-0.3, -0.25) is 4.79 Å². The molecule has 0 spiro atoms. The van der Waals surface area contributed by atoms with Crippen molar-refractivity contribution in [3.8, 4) is 0 Å². The largest absolute Gasteiger partial charge is 0.464 e. The monoisotopic (exact) mass is 362 g/mol. The van der Waals surface area contributed by atoms with Gasteiger partial charge in [0.1, 0.15) is 6.10 Å². The smallest absolute Gasteiger partial charge is 0.338 e. The molecule has 3 atom stereocenters. The Bertz CT molecular complexity index is 647. The van der Waals surface area contributed by atoms with Crippen LogP contribution < -0.4 is 5.32 Å². The maximum Gasteiger partial charge on any atom is 0.338 e. The molecule has 2 rings (SSSR count). The molecule has 1 saturated heterocycles. The van der Waals surface area contributed by atoms with Crippen molar-refractivity contribution < 1.29 is 23.9 Å². The number of esters is 2. The predicted molar refractivity (Wildman–Crippen MR) is 95.5 cm³/mol. The summed E-state index contributed by atoms with van der Waals surface area (Å²) in [6, 6.07) is 7.08. The van der Waals surface area contributed by atoms with Crippen molar-refractivity contribution in [3.05, 3.63) is 35.9 Å². The average molecular weight is 362 g/mol. The van der Waals surface area contributed by atoms with E-state index in [1.165, 1.54) is 11.9 Å². The maximum atomic E-state index is 12.7. The van der Waals surface area contributed by atoms with Crippen molar-refractivity contribution in [2.75, 3.05) is 20.2 Å². The molecule has 0 saturated carbocycles. The second-order valence-corrected chi connectivity index (χ2v) is 6.59. The molecule has 1 amide bonds. The van der Waals surface area contributed by atoms with Crippen LogP contribution in [0, 0.1) is 5.92 Å². The molecule has 1 aromatic rings. The van der Waals surface area contributed by atoms with Crippen molar-refractivity contribution >= 4 is 17.8 Å². The first-order valence-electron chi connectivity index (χ1n) is 8.79. The van der Waals surface area contributed by atoms with Crippen LogP contribution in [0.4, 0.5) is 0 Å². The number of carbonyl (C=O) groups excluding carboxylic acids is 3. The van der Waals surface area contributed by atoms with Crippen molar-refractivity contribution in [1.82, 2.24) is 10.2 Å². The van der Waals surface area contributed by atoms with Gasteiger partial charge in [0.15, 0.2) is 6.04 Å². The Labute approximate surface area is 153 Å². The van der Waals surface area contributed by atoms with Gasteiger partial charge in [-0.2, -0.15) is 0 Å². The van der Waals surface area contributed by atoms with E-state index in [4.69, 9.17) is 9.47 Å². The van der Waals surface area contributed by atoms with E-state index in [0.717, 1.165) is 0 Å². The number of benzene rings is 1. The first-order chi connectivity index (χ1) is 12.4. The average Bonchev–Trinajstić information content (AvgIpc) is 2.73. The summed E-state index contributed by atoms with van der Waals surface area (Å²) < 4.78 is 10.7. The van der Waals surface area contributed by atoms with E-state index in [1.54, 1.807) is 37.3 Å². The van der Waals surface area contributed by atoms with Crippen LogP contribution in [-0.2, 0) is 19.1 Å². The number of amides is 1. The van der Waals surface area contributed by atoms with Crippen LogP contribution in [0.5, 0.6) is 0 Å². The molecule has 1 aliphatic rings. The van der Waals surface area contributed by atoms with E-state index in [9.17, 15) is 14.4 Å². The normalized spacial score (nSPS) is 23.5. The molecule has 142 valence electrons. The van der Waals surface area contributed by atoms with Gasteiger partial charge >= 0.3 is 11.9 Å². The third-order valence-corrected chi connectivity index (χ3v) is 4.38. The van der Waals surface area contributed by atoms with Gasteiger partial charge < -0.3 is 19.7 Å². The van der Waals surface area contributed by atoms with E-state index in [2.05, 4.69) is 5.32 Å². The Kier molecular flexibility index (Phi) is 6.74. The molecule has 0 aromatic heterocycles. The minimum Gasteiger partial charge on any atom is -0.464 e. The van der Waals surface area contributed by atoms with Crippen LogP contribution in [0.1, 0.15) is 31.1 Å². The molecule has 1 aromatic carbocycles. The Balaban J connectivity index is 2.28. The number of nitrogens with zero attached hydrogens (tertiary/aromatic N) is 1. The maximum absolute atomic E-state index is 12.7. The van der Waals surface area contributed by atoms with E-state index < -0.39 is 30.1 Å². The summed E-state index contributed by atoms with van der Waals surface area (Å²) >= 11 is 0. The molecule has 1 heterocycles. The van der Waals surface area contributed by atoms with E-state index >= 15 is 0 Å². The summed E-state index contributed by atoms with van der Waals surface area (Å²) in [5.41, 5.74) is 0.383. The lowest BCUT2D eigenvalue weighted by atomic mass is 10.0. The van der Waals surface area contributed by atoms with Crippen LogP contribution in [0.25, 0.3) is 0 Å². The van der Waals surface area contributed by atoms with Gasteiger partial charge in [-0.05, 0) is 25.0 Å². The zero-order valence-corrected chi connectivity index (χ0v) is 15.6. The van der Waals surface area contributed by atoms with Gasteiger partial charge in [-0.25, -0.2) is 9.59 Å². The third-order valence-electron chi connectivity index (χ3n) is 4.38. The molecule has 0 aliphatic carbocycles. The zero-order valence-electron chi connectivity index (χ0n) is 15.6. The predicted octanol–water partition coefficient (Wildman–Crippen LogP) is 1.23. The van der Waals surface area contributed by atoms with Gasteiger partial charge in [-0.15, -0.1) is 0 Å². The Morgan fingerprint density at radius 3 is 2.50 bits per heavy atom. The molecule has 1 aliphatic heterocycles. The minimum atomic E-state index is -0.994. The standard InChI is InChI=1S/C19H26N2O5/c1-5-25-19(24)16-14(26-18(23)13-9-7-6-8-10-13)11-20-15(12(2)3)17(22)21(16)4/h6-10,12,14-16,20H,5,11H2,1-4H3/t14-,15+,16-/m1/s1. The quantitative estimate of drug-likeness (QED) is 0.793. The number of carbonyl (C=O) groups is 3. The second-order valence-electron chi connectivity index (χ2n) is 6.59. The zero-order chi connectivity index (χ0) is 19.3. The SMILES string of the molecule is CCOC(=O)[C@H]1[C@H](OC(=O)c2ccccc2)CN[C@@H](C(C)C)C(=O)N1C. The summed E-state index contributed by atoms with van der Waals surface area (Å²) in [5, 5.41) is 3.12. The molecule has 7 heteroatoms. The fourth-order valence-corrected chi connectivity index (χ4v) is 2.99. The highest BCUT2D eigenvalue weighted by Gasteiger charge is 2.43. The Hall–Kier alpha value is -2.41. The van der Waals surface area contributed by atoms with Crippen molar-refractivity contribution in [1.29, 1.82) is 0 Å². The van der Waals surface area contributed by atoms with Gasteiger partial charge in [0.25, 0.3) is 0 Å². The van der Waals surface area contributed by atoms with Gasteiger partial charge in [0.05, 0.1) is 18.2 Å². The Morgan fingerprint density at radius 2 is 1.92 bits per heavy atom. The van der Waals surface area contributed by atoms with Crippen LogP contribution in [0.2, 0.25) is 0 Å². The van der Waals surface area contributed by atoms with Crippen LogP contribution in [0.15, 0.2) is 30.3 Å². The van der Waals surface area contributed by atoms with Gasteiger partial charge in [0, 0.05) is 13.6 Å². The third kappa shape index (κ3) is 4.40. The first kappa shape index (κ1) is 19.9. The van der Waals surface area contributed by atoms with Gasteiger partial charge in [-0.1, -0.05) is 32.0 Å². The highest BCUT2D eigenvalue weighted by Crippen LogP contribution is 2.19. The van der Waals surface area contributed by atoms with E-state index in [0.29, 0.717) is 5.56 Å². The molecule has 0 unspecified atom stereocenters. The van der Waals surface area contributed by atoms with Crippen LogP contribution >= 0.6 is 0 Å². The molecule has 1 N–H and O–H groups in total. The second kappa shape index (κ2) is 8.80. The minimum absolute atomic E-state index is 0.0244. The van der Waals surface area contributed by atoms with E-state index in [-0.39, 0.29) is 25.0 Å². The van der Waals surface area contributed by atoms with Crippen LogP contribution in [0.3, 0.4) is 0 Å². The first-order valence-corrected chi connectivity index (χ1v) is 8.79. The fraction of sp³-hybridized carbons (Fsp3) is 0.526. The number of hydrogen-bond acceptors (Lipinski definition) is 6. The molecule has 0 bridgehead atoms. The lowest BCUT2D eigenvalue weighted by molar-refractivity contribution is -0.157. The molecular weight excluding hydrogens is 336 g/mol.